The number of rotatable bonds is 1. The van der Waals surface area contributed by atoms with Crippen molar-refractivity contribution in [3.63, 3.8) is 0 Å². The van der Waals surface area contributed by atoms with Gasteiger partial charge >= 0.3 is 6.03 Å². The lowest BCUT2D eigenvalue weighted by Crippen LogP contribution is -2.49. The molecule has 0 atom stereocenters. The molecule has 2 saturated heterocycles. The molecule has 2 amide bonds. The first-order valence-electron chi connectivity index (χ1n) is 9.15. The SMILES string of the molecule is CC(C)(C)c1nccc(N2CCCN(C(=O)N3CCOCC3)CC2)n1. The van der Waals surface area contributed by atoms with Gasteiger partial charge in [0, 0.05) is 50.9 Å². The third-order valence-corrected chi connectivity index (χ3v) is 4.68. The fourth-order valence-corrected chi connectivity index (χ4v) is 3.18. The number of anilines is 1. The van der Waals surface area contributed by atoms with Crippen molar-refractivity contribution in [2.24, 2.45) is 0 Å². The van der Waals surface area contributed by atoms with Crippen molar-refractivity contribution in [1.82, 2.24) is 19.8 Å². The van der Waals surface area contributed by atoms with Gasteiger partial charge in [-0.3, -0.25) is 0 Å². The number of ether oxygens (including phenoxy) is 1. The number of carbonyl (C=O) groups is 1. The zero-order chi connectivity index (χ0) is 17.9. The molecule has 2 aliphatic rings. The minimum atomic E-state index is -0.0693. The Balaban J connectivity index is 1.64. The van der Waals surface area contributed by atoms with E-state index in [0.29, 0.717) is 26.3 Å². The highest BCUT2D eigenvalue weighted by atomic mass is 16.5. The van der Waals surface area contributed by atoms with Gasteiger partial charge in [-0.2, -0.15) is 0 Å². The van der Waals surface area contributed by atoms with E-state index in [1.807, 2.05) is 22.1 Å². The van der Waals surface area contributed by atoms with Gasteiger partial charge in [0.2, 0.25) is 0 Å². The summed E-state index contributed by atoms with van der Waals surface area (Å²) in [6.07, 6.45) is 2.79. The summed E-state index contributed by atoms with van der Waals surface area (Å²) >= 11 is 0. The van der Waals surface area contributed by atoms with E-state index in [9.17, 15) is 4.79 Å². The summed E-state index contributed by atoms with van der Waals surface area (Å²) in [5, 5.41) is 0. The van der Waals surface area contributed by atoms with Gasteiger partial charge in [-0.1, -0.05) is 20.8 Å². The summed E-state index contributed by atoms with van der Waals surface area (Å²) in [6, 6.07) is 2.11. The van der Waals surface area contributed by atoms with E-state index in [0.717, 1.165) is 44.2 Å². The smallest absolute Gasteiger partial charge is 0.320 e. The van der Waals surface area contributed by atoms with E-state index < -0.39 is 0 Å². The lowest BCUT2D eigenvalue weighted by atomic mass is 9.96. The minimum Gasteiger partial charge on any atom is -0.378 e. The van der Waals surface area contributed by atoms with Crippen LogP contribution in [0.2, 0.25) is 0 Å². The van der Waals surface area contributed by atoms with Gasteiger partial charge < -0.3 is 19.4 Å². The summed E-state index contributed by atoms with van der Waals surface area (Å²) in [6.45, 7) is 12.3. The van der Waals surface area contributed by atoms with Gasteiger partial charge in [-0.15, -0.1) is 0 Å². The molecular formula is C18H29N5O2. The van der Waals surface area contributed by atoms with Crippen LogP contribution in [-0.2, 0) is 10.2 Å². The molecule has 0 spiro atoms. The molecule has 1 aromatic heterocycles. The Morgan fingerprint density at radius 1 is 1.04 bits per heavy atom. The molecule has 2 aliphatic heterocycles. The molecule has 2 fully saturated rings. The number of morpholine rings is 1. The largest absolute Gasteiger partial charge is 0.378 e. The lowest BCUT2D eigenvalue weighted by Gasteiger charge is -2.32. The molecule has 0 N–H and O–H groups in total. The number of nitrogens with zero attached hydrogens (tertiary/aromatic N) is 5. The van der Waals surface area contributed by atoms with Crippen LogP contribution < -0.4 is 4.90 Å². The van der Waals surface area contributed by atoms with Crippen LogP contribution >= 0.6 is 0 Å². The molecule has 0 saturated carbocycles. The zero-order valence-corrected chi connectivity index (χ0v) is 15.6. The second kappa shape index (κ2) is 7.56. The second-order valence-corrected chi connectivity index (χ2v) is 7.70. The molecular weight excluding hydrogens is 318 g/mol. The van der Waals surface area contributed by atoms with Gasteiger partial charge in [0.25, 0.3) is 0 Å². The first-order chi connectivity index (χ1) is 11.9. The van der Waals surface area contributed by atoms with E-state index in [1.165, 1.54) is 0 Å². The second-order valence-electron chi connectivity index (χ2n) is 7.70. The van der Waals surface area contributed by atoms with E-state index in [2.05, 4.69) is 30.7 Å². The first-order valence-corrected chi connectivity index (χ1v) is 9.15. The quantitative estimate of drug-likeness (QED) is 0.774. The third kappa shape index (κ3) is 4.39. The highest BCUT2D eigenvalue weighted by Crippen LogP contribution is 2.21. The standard InChI is InChI=1S/C18H29N5O2/c1-18(2,3)16-19-6-5-15(20-16)21-7-4-8-22(10-9-21)17(24)23-11-13-25-14-12-23/h5-6H,4,7-14H2,1-3H3. The molecule has 0 radical (unpaired) electrons. The summed E-state index contributed by atoms with van der Waals surface area (Å²) in [5.41, 5.74) is -0.0693. The fraction of sp³-hybridized carbons (Fsp3) is 0.722. The maximum atomic E-state index is 12.7. The first kappa shape index (κ1) is 17.9. The van der Waals surface area contributed by atoms with Crippen LogP contribution in [0.3, 0.4) is 0 Å². The van der Waals surface area contributed by atoms with Gasteiger partial charge in [-0.05, 0) is 12.5 Å². The monoisotopic (exact) mass is 347 g/mol. The predicted molar refractivity (Wildman–Crippen MR) is 96.9 cm³/mol. The van der Waals surface area contributed by atoms with Crippen molar-refractivity contribution in [3.05, 3.63) is 18.1 Å². The van der Waals surface area contributed by atoms with Gasteiger partial charge in [0.15, 0.2) is 0 Å². The molecule has 3 rings (SSSR count). The number of hydrogen-bond acceptors (Lipinski definition) is 5. The van der Waals surface area contributed by atoms with Gasteiger partial charge in [0.05, 0.1) is 13.2 Å². The molecule has 7 heteroatoms. The molecule has 25 heavy (non-hydrogen) atoms. The summed E-state index contributed by atoms with van der Waals surface area (Å²) in [4.78, 5) is 28.0. The Morgan fingerprint density at radius 2 is 1.76 bits per heavy atom. The minimum absolute atomic E-state index is 0.0693. The van der Waals surface area contributed by atoms with Gasteiger partial charge in [-0.25, -0.2) is 14.8 Å². The topological polar surface area (TPSA) is 61.8 Å². The molecule has 1 aromatic rings. The normalized spacial score (nSPS) is 19.7. The van der Waals surface area contributed by atoms with Crippen LogP contribution in [0, 0.1) is 0 Å². The molecule has 0 bridgehead atoms. The molecule has 3 heterocycles. The van der Waals surface area contributed by atoms with Crippen LogP contribution in [0.5, 0.6) is 0 Å². The van der Waals surface area contributed by atoms with E-state index in [4.69, 9.17) is 9.72 Å². The van der Waals surface area contributed by atoms with Crippen LogP contribution in [0.15, 0.2) is 12.3 Å². The van der Waals surface area contributed by atoms with Crippen molar-refractivity contribution in [3.8, 4) is 0 Å². The van der Waals surface area contributed by atoms with Crippen LogP contribution in [0.25, 0.3) is 0 Å². The van der Waals surface area contributed by atoms with Crippen molar-refractivity contribution >= 4 is 11.8 Å². The summed E-state index contributed by atoms with van der Waals surface area (Å²) < 4.78 is 5.34. The third-order valence-electron chi connectivity index (χ3n) is 4.68. The average Bonchev–Trinajstić information content (AvgIpc) is 2.87. The molecule has 7 nitrogen and oxygen atoms in total. The lowest BCUT2D eigenvalue weighted by molar-refractivity contribution is 0.0438. The summed E-state index contributed by atoms with van der Waals surface area (Å²) in [7, 11) is 0. The van der Waals surface area contributed by atoms with Gasteiger partial charge in [0.1, 0.15) is 11.6 Å². The van der Waals surface area contributed by atoms with E-state index in [-0.39, 0.29) is 11.4 Å². The van der Waals surface area contributed by atoms with Crippen molar-refractivity contribution in [2.75, 3.05) is 57.4 Å². The number of amides is 2. The maximum Gasteiger partial charge on any atom is 0.320 e. The Bertz CT molecular complexity index is 595. The Hall–Kier alpha value is -1.89. The molecule has 0 aliphatic carbocycles. The van der Waals surface area contributed by atoms with E-state index in [1.54, 1.807) is 0 Å². The van der Waals surface area contributed by atoms with Crippen LogP contribution in [-0.4, -0.2) is 78.3 Å². The Morgan fingerprint density at radius 3 is 2.48 bits per heavy atom. The number of urea groups is 1. The maximum absolute atomic E-state index is 12.7. The van der Waals surface area contributed by atoms with Crippen molar-refractivity contribution in [2.45, 2.75) is 32.6 Å². The molecule has 0 unspecified atom stereocenters. The van der Waals surface area contributed by atoms with Crippen molar-refractivity contribution in [1.29, 1.82) is 0 Å². The predicted octanol–water partition coefficient (Wildman–Crippen LogP) is 1.74. The Labute approximate surface area is 150 Å². The van der Waals surface area contributed by atoms with E-state index >= 15 is 0 Å². The van der Waals surface area contributed by atoms with Crippen molar-refractivity contribution < 1.29 is 9.53 Å². The summed E-state index contributed by atoms with van der Waals surface area (Å²) in [5.74, 6) is 1.82. The van der Waals surface area contributed by atoms with Crippen LogP contribution in [0.4, 0.5) is 10.6 Å². The average molecular weight is 347 g/mol. The highest BCUT2D eigenvalue weighted by molar-refractivity contribution is 5.74. The number of hydrogen-bond donors (Lipinski definition) is 0. The fourth-order valence-electron chi connectivity index (χ4n) is 3.18. The number of aromatic nitrogens is 2. The number of carbonyl (C=O) groups excluding carboxylic acids is 1. The molecule has 138 valence electrons. The Kier molecular flexibility index (Phi) is 5.42. The molecule has 0 aromatic carbocycles. The zero-order valence-electron chi connectivity index (χ0n) is 15.6. The highest BCUT2D eigenvalue weighted by Gasteiger charge is 2.26. The van der Waals surface area contributed by atoms with Crippen LogP contribution in [0.1, 0.15) is 33.0 Å².